The fourth-order valence-electron chi connectivity index (χ4n) is 2.41. The van der Waals surface area contributed by atoms with Crippen molar-refractivity contribution < 1.29 is 9.90 Å². The summed E-state index contributed by atoms with van der Waals surface area (Å²) in [6, 6.07) is 9.31. The van der Waals surface area contributed by atoms with Crippen LogP contribution in [0.25, 0.3) is 10.8 Å². The summed E-state index contributed by atoms with van der Waals surface area (Å²) < 4.78 is 0. The Bertz CT molecular complexity index is 777. The van der Waals surface area contributed by atoms with Gasteiger partial charge >= 0.3 is 5.97 Å². The van der Waals surface area contributed by atoms with Crippen LogP contribution in [0.3, 0.4) is 0 Å². The van der Waals surface area contributed by atoms with Gasteiger partial charge in [0.15, 0.2) is 0 Å². The molecule has 2 aromatic carbocycles. The minimum atomic E-state index is -0.900. The van der Waals surface area contributed by atoms with Crippen molar-refractivity contribution in [2.75, 3.05) is 0 Å². The molecule has 0 aliphatic heterocycles. The van der Waals surface area contributed by atoms with Gasteiger partial charge in [-0.3, -0.25) is 0 Å². The second-order valence-corrected chi connectivity index (χ2v) is 4.80. The summed E-state index contributed by atoms with van der Waals surface area (Å²) >= 11 is 0. The molecule has 0 unspecified atom stereocenters. The molecule has 1 heterocycles. The van der Waals surface area contributed by atoms with Crippen LogP contribution >= 0.6 is 0 Å². The number of fused-ring (bicyclic) bond motifs is 1. The zero-order valence-corrected chi connectivity index (χ0v) is 11.1. The third-order valence-electron chi connectivity index (χ3n) is 3.56. The van der Waals surface area contributed by atoms with E-state index >= 15 is 0 Å². The Kier molecular flexibility index (Phi) is 2.99. The van der Waals surface area contributed by atoms with Crippen LogP contribution in [0.15, 0.2) is 42.7 Å². The van der Waals surface area contributed by atoms with E-state index in [1.54, 1.807) is 24.5 Å². The molecule has 100 valence electrons. The fourth-order valence-corrected chi connectivity index (χ4v) is 2.41. The molecule has 2 N–H and O–H groups in total. The normalized spacial score (nSPS) is 10.8. The molecular weight excluding hydrogens is 252 g/mol. The number of nitrogens with one attached hydrogen (secondary N) is 1. The smallest absolute Gasteiger partial charge is 0.335 e. The number of aromatic carboxylic acids is 1. The Hall–Kier alpha value is -2.62. The zero-order valence-electron chi connectivity index (χ0n) is 11.1. The molecule has 0 fully saturated rings. The molecule has 4 heteroatoms. The van der Waals surface area contributed by atoms with Gasteiger partial charge in [0.2, 0.25) is 0 Å². The number of carboxylic acids is 1. The van der Waals surface area contributed by atoms with E-state index < -0.39 is 5.97 Å². The number of imidazole rings is 1. The maximum absolute atomic E-state index is 11.1. The summed E-state index contributed by atoms with van der Waals surface area (Å²) in [6.07, 6.45) is 4.24. The highest BCUT2D eigenvalue weighted by atomic mass is 16.4. The Morgan fingerprint density at radius 3 is 2.80 bits per heavy atom. The van der Waals surface area contributed by atoms with Gasteiger partial charge in [-0.25, -0.2) is 9.78 Å². The first-order valence-corrected chi connectivity index (χ1v) is 6.39. The zero-order chi connectivity index (χ0) is 14.1. The molecule has 1 aromatic heterocycles. The molecule has 3 aromatic rings. The van der Waals surface area contributed by atoms with Crippen molar-refractivity contribution in [1.29, 1.82) is 0 Å². The van der Waals surface area contributed by atoms with E-state index in [2.05, 4.69) is 16.0 Å². The number of hydrogen-bond donors (Lipinski definition) is 2. The van der Waals surface area contributed by atoms with Crippen LogP contribution in [-0.4, -0.2) is 21.0 Å². The summed E-state index contributed by atoms with van der Waals surface area (Å²) in [5, 5.41) is 11.1. The number of rotatable bonds is 3. The van der Waals surface area contributed by atoms with Crippen LogP contribution < -0.4 is 0 Å². The number of carbonyl (C=O) groups is 1. The van der Waals surface area contributed by atoms with Gasteiger partial charge in [0, 0.05) is 18.8 Å². The lowest BCUT2D eigenvalue weighted by atomic mass is 9.96. The van der Waals surface area contributed by atoms with Crippen molar-refractivity contribution in [2.24, 2.45) is 0 Å². The number of carboxylic acid groups (broad SMARTS) is 1. The summed E-state index contributed by atoms with van der Waals surface area (Å²) in [5.41, 5.74) is 2.56. The quantitative estimate of drug-likeness (QED) is 0.765. The van der Waals surface area contributed by atoms with E-state index in [-0.39, 0.29) is 0 Å². The Balaban J connectivity index is 2.10. The molecular formula is C16H14N2O2. The first-order chi connectivity index (χ1) is 9.65. The SMILES string of the molecule is Cc1c(Cc2ncc[nH]2)ccc2ccc(C(=O)O)cc12. The molecule has 0 saturated carbocycles. The van der Waals surface area contributed by atoms with Crippen LogP contribution in [-0.2, 0) is 6.42 Å². The number of aromatic nitrogens is 2. The van der Waals surface area contributed by atoms with Crippen LogP contribution in [0.4, 0.5) is 0 Å². The predicted molar refractivity (Wildman–Crippen MR) is 77.0 cm³/mol. The fraction of sp³-hybridized carbons (Fsp3) is 0.125. The number of hydrogen-bond acceptors (Lipinski definition) is 2. The predicted octanol–water partition coefficient (Wildman–Crippen LogP) is 3.16. The highest BCUT2D eigenvalue weighted by Crippen LogP contribution is 2.24. The molecule has 20 heavy (non-hydrogen) atoms. The first-order valence-electron chi connectivity index (χ1n) is 6.39. The van der Waals surface area contributed by atoms with Crippen LogP contribution in [0.2, 0.25) is 0 Å². The highest BCUT2D eigenvalue weighted by molar-refractivity contribution is 5.95. The van der Waals surface area contributed by atoms with E-state index in [9.17, 15) is 4.79 Å². The Labute approximate surface area is 116 Å². The molecule has 0 atom stereocenters. The molecule has 0 aliphatic carbocycles. The van der Waals surface area contributed by atoms with Crippen molar-refractivity contribution >= 4 is 16.7 Å². The number of benzene rings is 2. The average Bonchev–Trinajstić information content (AvgIpc) is 2.94. The highest BCUT2D eigenvalue weighted by Gasteiger charge is 2.09. The van der Waals surface area contributed by atoms with Gasteiger partial charge in [0.25, 0.3) is 0 Å². The lowest BCUT2D eigenvalue weighted by molar-refractivity contribution is 0.0697. The summed E-state index contributed by atoms with van der Waals surface area (Å²) in [6.45, 7) is 2.02. The largest absolute Gasteiger partial charge is 0.478 e. The van der Waals surface area contributed by atoms with Gasteiger partial charge in [-0.15, -0.1) is 0 Å². The molecule has 0 amide bonds. The van der Waals surface area contributed by atoms with Crippen molar-refractivity contribution in [3.05, 3.63) is 65.2 Å². The minimum Gasteiger partial charge on any atom is -0.478 e. The van der Waals surface area contributed by atoms with Gasteiger partial charge in [0.1, 0.15) is 5.82 Å². The van der Waals surface area contributed by atoms with E-state index in [1.807, 2.05) is 19.1 Å². The summed E-state index contributed by atoms with van der Waals surface area (Å²) in [5.74, 6) is 0.00424. The number of H-pyrrole nitrogens is 1. The number of nitrogens with zero attached hydrogens (tertiary/aromatic N) is 1. The van der Waals surface area contributed by atoms with Crippen molar-refractivity contribution in [1.82, 2.24) is 9.97 Å². The molecule has 0 aliphatic rings. The maximum atomic E-state index is 11.1. The van der Waals surface area contributed by atoms with Gasteiger partial charge in [0.05, 0.1) is 5.56 Å². The van der Waals surface area contributed by atoms with Gasteiger partial charge < -0.3 is 10.1 Å². The monoisotopic (exact) mass is 266 g/mol. The summed E-state index contributed by atoms with van der Waals surface area (Å²) in [7, 11) is 0. The van der Waals surface area contributed by atoms with Crippen LogP contribution in [0.1, 0.15) is 27.3 Å². The van der Waals surface area contributed by atoms with Crippen LogP contribution in [0.5, 0.6) is 0 Å². The topological polar surface area (TPSA) is 66.0 Å². The molecule has 0 saturated heterocycles. The van der Waals surface area contributed by atoms with Gasteiger partial charge in [-0.1, -0.05) is 18.2 Å². The first kappa shape index (κ1) is 12.4. The van der Waals surface area contributed by atoms with E-state index in [4.69, 9.17) is 5.11 Å². The maximum Gasteiger partial charge on any atom is 0.335 e. The lowest BCUT2D eigenvalue weighted by Crippen LogP contribution is -1.98. The second kappa shape index (κ2) is 4.81. The Morgan fingerprint density at radius 2 is 2.10 bits per heavy atom. The van der Waals surface area contributed by atoms with Crippen molar-refractivity contribution in [3.63, 3.8) is 0 Å². The van der Waals surface area contributed by atoms with Gasteiger partial charge in [-0.05, 0) is 41.0 Å². The molecule has 0 radical (unpaired) electrons. The molecule has 4 nitrogen and oxygen atoms in total. The van der Waals surface area contributed by atoms with Crippen LogP contribution in [0, 0.1) is 6.92 Å². The number of aromatic amines is 1. The average molecular weight is 266 g/mol. The third-order valence-corrected chi connectivity index (χ3v) is 3.56. The molecule has 0 bridgehead atoms. The second-order valence-electron chi connectivity index (χ2n) is 4.80. The van der Waals surface area contributed by atoms with Gasteiger partial charge in [-0.2, -0.15) is 0 Å². The van der Waals surface area contributed by atoms with Crippen molar-refractivity contribution in [2.45, 2.75) is 13.3 Å². The van der Waals surface area contributed by atoms with E-state index in [0.29, 0.717) is 12.0 Å². The molecule has 3 rings (SSSR count). The number of aryl methyl sites for hydroxylation is 1. The van der Waals surface area contributed by atoms with E-state index in [0.717, 1.165) is 27.7 Å². The Morgan fingerprint density at radius 1 is 1.30 bits per heavy atom. The minimum absolute atomic E-state index is 0.316. The molecule has 0 spiro atoms. The summed E-state index contributed by atoms with van der Waals surface area (Å²) in [4.78, 5) is 18.4. The van der Waals surface area contributed by atoms with Crippen molar-refractivity contribution in [3.8, 4) is 0 Å². The standard InChI is InChI=1S/C16H14N2O2/c1-10-12(9-15-17-6-7-18-15)4-2-11-3-5-13(16(19)20)8-14(10)11/h2-8H,9H2,1H3,(H,17,18)(H,19,20). The van der Waals surface area contributed by atoms with E-state index in [1.165, 1.54) is 0 Å². The third kappa shape index (κ3) is 2.16. The lowest BCUT2D eigenvalue weighted by Gasteiger charge is -2.09.